The number of piperazine rings is 1. The molecular formula is C19H31N3O. The van der Waals surface area contributed by atoms with Gasteiger partial charge in [0.1, 0.15) is 0 Å². The number of anilines is 1. The second-order valence-corrected chi connectivity index (χ2v) is 8.45. The van der Waals surface area contributed by atoms with Gasteiger partial charge in [-0.2, -0.15) is 0 Å². The number of carbonyl (C=O) groups is 1. The molecule has 0 radical (unpaired) electrons. The van der Waals surface area contributed by atoms with E-state index < -0.39 is 0 Å². The van der Waals surface area contributed by atoms with Crippen LogP contribution in [0.5, 0.6) is 0 Å². The molecule has 0 atom stereocenters. The van der Waals surface area contributed by atoms with Gasteiger partial charge in [-0.05, 0) is 43.9 Å². The Bertz CT molecular complexity index is 529. The molecule has 4 heteroatoms. The van der Waals surface area contributed by atoms with Crippen molar-refractivity contribution in [2.45, 2.75) is 52.5 Å². The molecular weight excluding hydrogens is 286 g/mol. The summed E-state index contributed by atoms with van der Waals surface area (Å²) in [6, 6.07) is 8.87. The zero-order chi connectivity index (χ0) is 17.3. The molecule has 1 N–H and O–H groups in total. The van der Waals surface area contributed by atoms with Gasteiger partial charge in [-0.3, -0.25) is 0 Å². The number of nitrogens with one attached hydrogen (secondary N) is 1. The van der Waals surface area contributed by atoms with Crippen LogP contribution in [0.2, 0.25) is 0 Å². The molecule has 1 aromatic rings. The van der Waals surface area contributed by atoms with Crippen LogP contribution < -0.4 is 10.2 Å². The van der Waals surface area contributed by atoms with E-state index in [2.05, 4.69) is 55.3 Å². The maximum absolute atomic E-state index is 12.2. The Morgan fingerprint density at radius 3 is 1.87 bits per heavy atom. The Morgan fingerprint density at radius 2 is 1.43 bits per heavy atom. The fraction of sp³-hybridized carbons (Fsp3) is 0.632. The predicted octanol–water partition coefficient (Wildman–Crippen LogP) is 3.61. The largest absolute Gasteiger partial charge is 0.368 e. The standard InChI is InChI=1S/C19H31N3O/c1-18(2,3)15-7-9-16(10-8-15)21-11-13-22(14-12-21)17(23)20-19(4,5)6/h7-10H,11-14H2,1-6H3,(H,20,23). The third-order valence-electron chi connectivity index (χ3n) is 4.15. The van der Waals surface area contributed by atoms with Crippen molar-refractivity contribution < 1.29 is 4.79 Å². The van der Waals surface area contributed by atoms with Crippen molar-refractivity contribution in [1.29, 1.82) is 0 Å². The van der Waals surface area contributed by atoms with Crippen molar-refractivity contribution >= 4 is 11.7 Å². The number of carbonyl (C=O) groups excluding carboxylic acids is 1. The Labute approximate surface area is 140 Å². The molecule has 0 aromatic heterocycles. The summed E-state index contributed by atoms with van der Waals surface area (Å²) in [6.45, 7) is 16.0. The van der Waals surface area contributed by atoms with Gasteiger partial charge in [-0.15, -0.1) is 0 Å². The predicted molar refractivity (Wildman–Crippen MR) is 97.2 cm³/mol. The highest BCUT2D eigenvalue weighted by Crippen LogP contribution is 2.25. The molecule has 2 rings (SSSR count). The van der Waals surface area contributed by atoms with Crippen molar-refractivity contribution in [3.63, 3.8) is 0 Å². The van der Waals surface area contributed by atoms with Gasteiger partial charge in [0.2, 0.25) is 0 Å². The summed E-state index contributed by atoms with van der Waals surface area (Å²) >= 11 is 0. The Morgan fingerprint density at radius 1 is 0.913 bits per heavy atom. The summed E-state index contributed by atoms with van der Waals surface area (Å²) in [5, 5.41) is 3.04. The number of rotatable bonds is 1. The summed E-state index contributed by atoms with van der Waals surface area (Å²) in [7, 11) is 0. The minimum Gasteiger partial charge on any atom is -0.368 e. The minimum absolute atomic E-state index is 0.0419. The fourth-order valence-corrected chi connectivity index (χ4v) is 2.74. The third-order valence-corrected chi connectivity index (χ3v) is 4.15. The number of nitrogens with zero attached hydrogens (tertiary/aromatic N) is 2. The van der Waals surface area contributed by atoms with E-state index in [1.54, 1.807) is 0 Å². The number of hydrogen-bond donors (Lipinski definition) is 1. The van der Waals surface area contributed by atoms with Crippen LogP contribution >= 0.6 is 0 Å². The van der Waals surface area contributed by atoms with Crippen LogP contribution in [0.25, 0.3) is 0 Å². The van der Waals surface area contributed by atoms with E-state index in [1.165, 1.54) is 11.3 Å². The fourth-order valence-electron chi connectivity index (χ4n) is 2.74. The lowest BCUT2D eigenvalue weighted by atomic mass is 9.87. The molecule has 1 aromatic carbocycles. The quantitative estimate of drug-likeness (QED) is 0.859. The monoisotopic (exact) mass is 317 g/mol. The van der Waals surface area contributed by atoms with E-state index in [9.17, 15) is 4.79 Å². The molecule has 0 saturated carbocycles. The van der Waals surface area contributed by atoms with Crippen LogP contribution in [-0.2, 0) is 5.41 Å². The van der Waals surface area contributed by atoms with Crippen molar-refractivity contribution in [1.82, 2.24) is 10.2 Å². The maximum atomic E-state index is 12.2. The Balaban J connectivity index is 1.93. The third kappa shape index (κ3) is 4.88. The molecule has 0 unspecified atom stereocenters. The Hall–Kier alpha value is -1.71. The van der Waals surface area contributed by atoms with Gasteiger partial charge in [0.05, 0.1) is 0 Å². The number of amides is 2. The molecule has 1 aliphatic rings. The van der Waals surface area contributed by atoms with E-state index in [4.69, 9.17) is 0 Å². The first-order chi connectivity index (χ1) is 10.6. The topological polar surface area (TPSA) is 35.6 Å². The summed E-state index contributed by atoms with van der Waals surface area (Å²) in [5.41, 5.74) is 2.59. The molecule has 23 heavy (non-hydrogen) atoms. The highest BCUT2D eigenvalue weighted by molar-refractivity contribution is 5.75. The van der Waals surface area contributed by atoms with Crippen molar-refractivity contribution in [2.75, 3.05) is 31.1 Å². The minimum atomic E-state index is -0.184. The number of benzene rings is 1. The Kier molecular flexibility index (Phi) is 4.92. The number of urea groups is 1. The van der Waals surface area contributed by atoms with E-state index in [-0.39, 0.29) is 17.0 Å². The lowest BCUT2D eigenvalue weighted by Gasteiger charge is -2.37. The first kappa shape index (κ1) is 17.6. The molecule has 2 amide bonds. The van der Waals surface area contributed by atoms with Crippen LogP contribution in [0.15, 0.2) is 24.3 Å². The first-order valence-electron chi connectivity index (χ1n) is 8.49. The highest BCUT2D eigenvalue weighted by atomic mass is 16.2. The molecule has 0 bridgehead atoms. The molecule has 1 aliphatic heterocycles. The van der Waals surface area contributed by atoms with Crippen molar-refractivity contribution in [3.8, 4) is 0 Å². The average molecular weight is 317 g/mol. The van der Waals surface area contributed by atoms with E-state index in [0.29, 0.717) is 0 Å². The zero-order valence-corrected chi connectivity index (χ0v) is 15.4. The number of hydrogen-bond acceptors (Lipinski definition) is 2. The summed E-state index contributed by atoms with van der Waals surface area (Å²) in [5.74, 6) is 0. The molecule has 0 aliphatic carbocycles. The van der Waals surface area contributed by atoms with Gasteiger partial charge in [-0.25, -0.2) is 4.79 Å². The van der Waals surface area contributed by atoms with Crippen LogP contribution in [-0.4, -0.2) is 42.6 Å². The summed E-state index contributed by atoms with van der Waals surface area (Å²) in [6.07, 6.45) is 0. The lowest BCUT2D eigenvalue weighted by Crippen LogP contribution is -2.55. The van der Waals surface area contributed by atoms with Gasteiger partial charge in [0.25, 0.3) is 0 Å². The molecule has 1 saturated heterocycles. The van der Waals surface area contributed by atoms with Gasteiger partial charge >= 0.3 is 6.03 Å². The van der Waals surface area contributed by atoms with Crippen molar-refractivity contribution in [2.24, 2.45) is 0 Å². The molecule has 4 nitrogen and oxygen atoms in total. The van der Waals surface area contributed by atoms with Gasteiger partial charge < -0.3 is 15.1 Å². The SMILES string of the molecule is CC(C)(C)NC(=O)N1CCN(c2ccc(C(C)(C)C)cc2)CC1. The molecule has 1 heterocycles. The molecule has 128 valence electrons. The van der Waals surface area contributed by atoms with Gasteiger partial charge in [0, 0.05) is 37.4 Å². The van der Waals surface area contributed by atoms with Gasteiger partial charge in [-0.1, -0.05) is 32.9 Å². The normalized spacial score (nSPS) is 16.4. The van der Waals surface area contributed by atoms with Crippen LogP contribution in [0.4, 0.5) is 10.5 Å². The molecule has 1 fully saturated rings. The second kappa shape index (κ2) is 6.42. The van der Waals surface area contributed by atoms with Crippen molar-refractivity contribution in [3.05, 3.63) is 29.8 Å². The maximum Gasteiger partial charge on any atom is 0.317 e. The molecule has 0 spiro atoms. The highest BCUT2D eigenvalue weighted by Gasteiger charge is 2.24. The van der Waals surface area contributed by atoms with E-state index >= 15 is 0 Å². The smallest absolute Gasteiger partial charge is 0.317 e. The summed E-state index contributed by atoms with van der Waals surface area (Å²) in [4.78, 5) is 16.5. The average Bonchev–Trinajstić information content (AvgIpc) is 2.45. The first-order valence-corrected chi connectivity index (χ1v) is 8.49. The lowest BCUT2D eigenvalue weighted by molar-refractivity contribution is 0.185. The second-order valence-electron chi connectivity index (χ2n) is 8.45. The van der Waals surface area contributed by atoms with Crippen LogP contribution in [0.3, 0.4) is 0 Å². The van der Waals surface area contributed by atoms with E-state index in [0.717, 1.165) is 26.2 Å². The van der Waals surface area contributed by atoms with E-state index in [1.807, 2.05) is 25.7 Å². The zero-order valence-electron chi connectivity index (χ0n) is 15.4. The van der Waals surface area contributed by atoms with Gasteiger partial charge in [0.15, 0.2) is 0 Å². The van der Waals surface area contributed by atoms with Crippen LogP contribution in [0, 0.1) is 0 Å². The van der Waals surface area contributed by atoms with Crippen LogP contribution in [0.1, 0.15) is 47.1 Å². The summed E-state index contributed by atoms with van der Waals surface area (Å²) < 4.78 is 0.